The molecule has 0 radical (unpaired) electrons. The number of phenolic OH excluding ortho intramolecular Hbond substituents is 1. The lowest BCUT2D eigenvalue weighted by atomic mass is 9.75. The van der Waals surface area contributed by atoms with Crippen LogP contribution in [-0.4, -0.2) is 117 Å². The Morgan fingerprint density at radius 1 is 0.987 bits per heavy atom. The van der Waals surface area contributed by atoms with E-state index in [1.54, 1.807) is 51.1 Å². The molecule has 1 aromatic carbocycles. The van der Waals surface area contributed by atoms with Crippen molar-refractivity contribution in [3.05, 3.63) is 89.6 Å². The minimum absolute atomic E-state index is 0.00741. The Morgan fingerprint density at radius 2 is 1.71 bits per heavy atom. The van der Waals surface area contributed by atoms with Crippen LogP contribution in [0.25, 0.3) is 0 Å². The van der Waals surface area contributed by atoms with Gasteiger partial charge in [0.25, 0.3) is 0 Å². The van der Waals surface area contributed by atoms with Gasteiger partial charge in [-0.15, -0.1) is 0 Å². The number of ether oxygens (including phenoxy) is 2. The number of hydrogen-bond donors (Lipinski definition) is 9. The normalized spacial score (nSPS) is 32.7. The number of aromatic hydroxyl groups is 1. The molecule has 15 atom stereocenters. The molecular weight excluding hydrogens is 983 g/mol. The van der Waals surface area contributed by atoms with Gasteiger partial charge in [0.05, 0.1) is 30.3 Å². The molecule has 0 bridgehead atoms. The van der Waals surface area contributed by atoms with E-state index in [1.165, 1.54) is 25.1 Å². The van der Waals surface area contributed by atoms with Crippen molar-refractivity contribution >= 4 is 35.4 Å². The first-order chi connectivity index (χ1) is 36.4. The molecule has 17 nitrogen and oxygen atoms in total. The number of allylic oxidation sites excluding steroid dienone is 5. The second-order valence-electron chi connectivity index (χ2n) is 22.4. The molecule has 1 spiro atoms. The van der Waals surface area contributed by atoms with E-state index in [2.05, 4.69) is 41.2 Å². The van der Waals surface area contributed by atoms with Crippen molar-refractivity contribution in [2.45, 2.75) is 194 Å². The zero-order chi connectivity index (χ0) is 57.1. The van der Waals surface area contributed by atoms with Gasteiger partial charge in [-0.3, -0.25) is 24.0 Å². The van der Waals surface area contributed by atoms with Crippen LogP contribution in [-0.2, 0) is 44.7 Å². The maximum atomic E-state index is 14.0. The Kier molecular flexibility index (Phi) is 25.5. The fourth-order valence-electron chi connectivity index (χ4n) is 10.4. The molecule has 4 rings (SSSR count). The number of phenols is 1. The van der Waals surface area contributed by atoms with Crippen molar-refractivity contribution in [2.24, 2.45) is 47.2 Å². The number of carbonyl (C=O) groups is 6. The highest BCUT2D eigenvalue weighted by Crippen LogP contribution is 2.43. The topological polar surface area (TPSA) is 276 Å². The van der Waals surface area contributed by atoms with Crippen LogP contribution < -0.4 is 27.0 Å². The Hall–Kier alpha value is -5.46. The predicted molar refractivity (Wildman–Crippen MR) is 296 cm³/mol. The number of cyclic esters (lactones) is 1. The van der Waals surface area contributed by atoms with Crippen LogP contribution in [0.2, 0.25) is 0 Å². The molecule has 77 heavy (non-hydrogen) atoms. The van der Waals surface area contributed by atoms with E-state index in [4.69, 9.17) is 15.2 Å². The standard InChI is InChI=1S/C60H91N5O12/c1-11-44-31-40(8)60(65-55(44)71)39(7)30-38(6)52(77-60)34-50(69)36(4)20-14-12-15-21-37(5)51-26-17-13-16-25-49(68)42(10)54(70)46(28-27-41(9)66)56(72)64-53(35(2)3)58(74)63-48(33-43-22-18-23-45(67)32-43)57(73)62-29-19-24-47(61)59(75)76-51/h12-13,15-18,21-23,25,30,32,35-36,38,40,42,44,46-54,67-70H,11,14,19-20,24,26-29,31,33-34,61H2,1-10H3,(H,62,73)(H,63,74)(H,64,72)(H,65,71)/b15-12+,17-13+,25-16+,37-21+/t36-,38+,40-,42-,44-,46+,47-,48-,49-,50-,51-,52-,53-,54+,60+/m0/s1. The number of carbonyl (C=O) groups excluding carboxylic acids is 6. The van der Waals surface area contributed by atoms with Crippen LogP contribution >= 0.6 is 0 Å². The maximum Gasteiger partial charge on any atom is 0.323 e. The lowest BCUT2D eigenvalue weighted by Crippen LogP contribution is -2.64. The minimum atomic E-state index is -1.44. The summed E-state index contributed by atoms with van der Waals surface area (Å²) in [6, 6.07) is 2.89. The summed E-state index contributed by atoms with van der Waals surface area (Å²) in [5, 5.41) is 55.9. The van der Waals surface area contributed by atoms with Gasteiger partial charge in [0.2, 0.25) is 23.6 Å². The molecule has 0 saturated carbocycles. The lowest BCUT2D eigenvalue weighted by Gasteiger charge is -2.51. The number of benzene rings is 1. The summed E-state index contributed by atoms with van der Waals surface area (Å²) in [7, 11) is 0. The summed E-state index contributed by atoms with van der Waals surface area (Å²) in [6.45, 7) is 18.5. The number of rotatable bonds is 15. The predicted octanol–water partition coefficient (Wildman–Crippen LogP) is 6.08. The van der Waals surface area contributed by atoms with E-state index < -0.39 is 89.7 Å². The zero-order valence-corrected chi connectivity index (χ0v) is 47.2. The van der Waals surface area contributed by atoms with Crippen LogP contribution in [0.3, 0.4) is 0 Å². The van der Waals surface area contributed by atoms with Gasteiger partial charge in [-0.1, -0.05) is 109 Å². The quantitative estimate of drug-likeness (QED) is 0.0548. The summed E-state index contributed by atoms with van der Waals surface area (Å²) in [5.74, 6) is -5.35. The number of piperidine rings is 1. The smallest absolute Gasteiger partial charge is 0.323 e. The van der Waals surface area contributed by atoms with Gasteiger partial charge in [0, 0.05) is 55.9 Å². The summed E-state index contributed by atoms with van der Waals surface area (Å²) >= 11 is 0. The summed E-state index contributed by atoms with van der Waals surface area (Å²) in [6.07, 6.45) is 13.9. The molecule has 428 valence electrons. The number of esters is 1. The van der Waals surface area contributed by atoms with Gasteiger partial charge in [-0.2, -0.15) is 0 Å². The summed E-state index contributed by atoms with van der Waals surface area (Å²) in [4.78, 5) is 80.5. The number of aliphatic hydroxyl groups is 3. The number of Topliss-reactive ketones (excluding diaryl/α,β-unsaturated/α-hetero) is 1. The second-order valence-corrected chi connectivity index (χ2v) is 22.4. The monoisotopic (exact) mass is 1070 g/mol. The van der Waals surface area contributed by atoms with E-state index in [9.17, 15) is 49.2 Å². The average Bonchev–Trinajstić information content (AvgIpc) is 3.39. The zero-order valence-electron chi connectivity index (χ0n) is 47.2. The highest BCUT2D eigenvalue weighted by molar-refractivity contribution is 5.93. The molecule has 10 N–H and O–H groups in total. The van der Waals surface area contributed by atoms with Crippen LogP contribution in [0, 0.1) is 41.4 Å². The van der Waals surface area contributed by atoms with Gasteiger partial charge in [-0.05, 0) is 106 Å². The van der Waals surface area contributed by atoms with Crippen molar-refractivity contribution in [3.8, 4) is 5.75 Å². The first-order valence-electron chi connectivity index (χ1n) is 27.9. The molecule has 1 aromatic rings. The summed E-state index contributed by atoms with van der Waals surface area (Å²) in [5.41, 5.74) is 7.76. The molecule has 0 aromatic heterocycles. The SMILES string of the molecule is CC[C@H]1C[C@H](C)[C@]2(NC1=O)O[C@@H](C[C@H](O)[C@@H](C)CC/C=C/C=C(\C)[C@@H]1C/C=C/C=C/[C@H](O)[C@H](C)[C@@H](O)[C@@H](CCC(C)=O)C(=O)N[C@@H](C(C)C)C(=O)N[C@@H](Cc3cccc(O)c3)C(=O)NCCC[C@H](N)C(=O)O1)[C@H](C)C=C2C. The van der Waals surface area contributed by atoms with E-state index in [1.807, 2.05) is 45.9 Å². The summed E-state index contributed by atoms with van der Waals surface area (Å²) < 4.78 is 12.7. The Bertz CT molecular complexity index is 2310. The van der Waals surface area contributed by atoms with Gasteiger partial charge < -0.3 is 61.7 Å². The Balaban J connectivity index is 1.50. The largest absolute Gasteiger partial charge is 0.508 e. The fraction of sp³-hybridized carbons (Fsp3) is 0.633. The molecule has 1 fully saturated rings. The third-order valence-electron chi connectivity index (χ3n) is 15.8. The van der Waals surface area contributed by atoms with Crippen molar-refractivity contribution < 1.29 is 58.7 Å². The van der Waals surface area contributed by atoms with E-state index >= 15 is 0 Å². The van der Waals surface area contributed by atoms with Crippen molar-refractivity contribution in [1.82, 2.24) is 21.3 Å². The molecule has 3 aliphatic heterocycles. The second kappa shape index (κ2) is 30.6. The first-order valence-corrected chi connectivity index (χ1v) is 27.9. The van der Waals surface area contributed by atoms with Crippen LogP contribution in [0.1, 0.15) is 139 Å². The molecule has 3 heterocycles. The fourth-order valence-corrected chi connectivity index (χ4v) is 10.4. The third kappa shape index (κ3) is 18.9. The third-order valence-corrected chi connectivity index (χ3v) is 15.8. The highest BCUT2D eigenvalue weighted by Gasteiger charge is 2.51. The molecule has 0 unspecified atom stereocenters. The number of amides is 4. The van der Waals surface area contributed by atoms with Gasteiger partial charge >= 0.3 is 5.97 Å². The molecule has 0 aliphatic carbocycles. The molecule has 1 saturated heterocycles. The first kappa shape index (κ1) is 64.1. The maximum absolute atomic E-state index is 14.0. The molecule has 4 amide bonds. The van der Waals surface area contributed by atoms with Crippen molar-refractivity contribution in [3.63, 3.8) is 0 Å². The lowest BCUT2D eigenvalue weighted by molar-refractivity contribution is -0.179. The number of ketones is 1. The van der Waals surface area contributed by atoms with E-state index in [-0.39, 0.29) is 92.3 Å². The van der Waals surface area contributed by atoms with Gasteiger partial charge in [-0.25, -0.2) is 0 Å². The van der Waals surface area contributed by atoms with E-state index in [0.717, 1.165) is 24.0 Å². The van der Waals surface area contributed by atoms with Gasteiger partial charge in [0.15, 0.2) is 5.72 Å². The average molecular weight is 1070 g/mol. The van der Waals surface area contributed by atoms with E-state index in [0.29, 0.717) is 24.8 Å². The van der Waals surface area contributed by atoms with Crippen LogP contribution in [0.5, 0.6) is 5.75 Å². The van der Waals surface area contributed by atoms with Crippen LogP contribution in [0.4, 0.5) is 0 Å². The minimum Gasteiger partial charge on any atom is -0.508 e. The molecule has 17 heteroatoms. The number of nitrogens with two attached hydrogens (primary N) is 1. The Morgan fingerprint density at radius 3 is 2.39 bits per heavy atom. The Labute approximate surface area is 457 Å². The van der Waals surface area contributed by atoms with Crippen molar-refractivity contribution in [1.29, 1.82) is 0 Å². The highest BCUT2D eigenvalue weighted by atomic mass is 16.5. The van der Waals surface area contributed by atoms with Crippen LogP contribution in [0.15, 0.2) is 84.0 Å². The van der Waals surface area contributed by atoms with Gasteiger partial charge in [0.1, 0.15) is 35.8 Å². The van der Waals surface area contributed by atoms with Crippen molar-refractivity contribution in [2.75, 3.05) is 6.54 Å². The number of nitrogens with one attached hydrogen (secondary N) is 4. The molecule has 3 aliphatic rings. The molecular formula is C60H91N5O12. The number of hydrogen-bond acceptors (Lipinski definition) is 13. The number of aliphatic hydroxyl groups excluding tert-OH is 3.